The number of fused-ring (bicyclic) bond motifs is 3. The molecule has 0 spiro atoms. The lowest BCUT2D eigenvalue weighted by Gasteiger charge is -2.37. The van der Waals surface area contributed by atoms with Crippen molar-refractivity contribution in [2.24, 2.45) is 5.10 Å². The lowest BCUT2D eigenvalue weighted by atomic mass is 10.0. The number of thiazole rings is 1. The van der Waals surface area contributed by atoms with Crippen molar-refractivity contribution in [2.75, 3.05) is 4.90 Å². The van der Waals surface area contributed by atoms with Crippen LogP contribution >= 0.6 is 11.3 Å². The maximum absolute atomic E-state index is 14.2. The average molecular weight is 465 g/mol. The van der Waals surface area contributed by atoms with Gasteiger partial charge in [0.15, 0.2) is 23.3 Å². The number of benzene rings is 1. The maximum Gasteiger partial charge on any atom is 0.161 e. The molecule has 0 bridgehead atoms. The zero-order valence-electron chi connectivity index (χ0n) is 17.3. The molecule has 33 heavy (non-hydrogen) atoms. The quantitative estimate of drug-likeness (QED) is 0.490. The third-order valence-corrected chi connectivity index (χ3v) is 6.69. The number of nitrogens with one attached hydrogen (secondary N) is 1. The highest BCUT2D eigenvalue weighted by atomic mass is 32.1. The Morgan fingerprint density at radius 2 is 2.09 bits per heavy atom. The van der Waals surface area contributed by atoms with Crippen LogP contribution in [0.2, 0.25) is 0 Å². The Bertz CT molecular complexity index is 1350. The molecule has 166 valence electrons. The lowest BCUT2D eigenvalue weighted by molar-refractivity contribution is 0.507. The molecule has 1 N–H and O–H groups in total. The molecule has 0 saturated carbocycles. The van der Waals surface area contributed by atoms with Gasteiger partial charge in [0, 0.05) is 29.5 Å². The molecule has 9 nitrogen and oxygen atoms in total. The summed E-state index contributed by atoms with van der Waals surface area (Å²) in [6.07, 6.45) is 7.47. The number of aromatic nitrogens is 6. The molecule has 0 saturated heterocycles. The third-order valence-electron chi connectivity index (χ3n) is 5.83. The largest absolute Gasteiger partial charge is 0.314 e. The first-order chi connectivity index (χ1) is 16.2. The Labute approximate surface area is 190 Å². The molecule has 0 amide bonds. The number of hydrogen-bond donors (Lipinski definition) is 1. The summed E-state index contributed by atoms with van der Waals surface area (Å²) in [6, 6.07) is 3.36. The smallest absolute Gasteiger partial charge is 0.161 e. The van der Waals surface area contributed by atoms with Crippen molar-refractivity contribution in [3.63, 3.8) is 0 Å². The van der Waals surface area contributed by atoms with Gasteiger partial charge in [-0.3, -0.25) is 9.99 Å². The minimum Gasteiger partial charge on any atom is -0.314 e. The van der Waals surface area contributed by atoms with Gasteiger partial charge in [-0.25, -0.2) is 23.7 Å². The van der Waals surface area contributed by atoms with Crippen molar-refractivity contribution < 1.29 is 8.78 Å². The Hall–Kier alpha value is -3.80. The normalized spacial score (nSPS) is 21.1. The first kappa shape index (κ1) is 19.9. The molecule has 2 unspecified atom stereocenters. The maximum atomic E-state index is 14.2. The Kier molecular flexibility index (Phi) is 4.61. The molecule has 2 aliphatic heterocycles. The molecule has 0 aliphatic carbocycles. The van der Waals surface area contributed by atoms with E-state index in [1.165, 1.54) is 23.5 Å². The third kappa shape index (κ3) is 3.09. The van der Waals surface area contributed by atoms with Crippen LogP contribution in [-0.2, 0) is 0 Å². The fraction of sp³-hybridized carbons (Fsp3) is 0.238. The Balaban J connectivity index is 1.51. The summed E-state index contributed by atoms with van der Waals surface area (Å²) in [5.74, 6) is -0.298. The number of nitrogens with zero attached hydrogens (tertiary/aromatic N) is 8. The summed E-state index contributed by atoms with van der Waals surface area (Å²) in [5.41, 5.74) is 4.21. The van der Waals surface area contributed by atoms with Gasteiger partial charge >= 0.3 is 0 Å². The van der Waals surface area contributed by atoms with Gasteiger partial charge in [-0.05, 0) is 18.6 Å². The Morgan fingerprint density at radius 1 is 1.18 bits per heavy atom. The van der Waals surface area contributed by atoms with Crippen LogP contribution in [0.4, 0.5) is 20.3 Å². The minimum absolute atomic E-state index is 0.184. The summed E-state index contributed by atoms with van der Waals surface area (Å²) >= 11 is 1.53. The first-order valence-corrected chi connectivity index (χ1v) is 11.2. The second-order valence-corrected chi connectivity index (χ2v) is 8.60. The summed E-state index contributed by atoms with van der Waals surface area (Å²) in [5, 5.41) is 15.4. The topological polar surface area (TPSA) is 97.0 Å². The van der Waals surface area contributed by atoms with Gasteiger partial charge in [0.25, 0.3) is 0 Å². The Morgan fingerprint density at radius 3 is 2.88 bits per heavy atom. The summed E-state index contributed by atoms with van der Waals surface area (Å²) in [7, 11) is 0. The van der Waals surface area contributed by atoms with Gasteiger partial charge in [0.2, 0.25) is 0 Å². The second kappa shape index (κ2) is 7.66. The average Bonchev–Trinajstić information content (AvgIpc) is 3.60. The van der Waals surface area contributed by atoms with E-state index in [9.17, 15) is 8.78 Å². The van der Waals surface area contributed by atoms with Gasteiger partial charge in [0.1, 0.15) is 28.9 Å². The van der Waals surface area contributed by atoms with E-state index in [4.69, 9.17) is 4.98 Å². The van der Waals surface area contributed by atoms with Crippen LogP contribution in [0.1, 0.15) is 48.0 Å². The van der Waals surface area contributed by atoms with Crippen molar-refractivity contribution in [1.82, 2.24) is 35.1 Å². The van der Waals surface area contributed by atoms with Gasteiger partial charge in [0.05, 0.1) is 18.2 Å². The van der Waals surface area contributed by atoms with Crippen molar-refractivity contribution in [2.45, 2.75) is 31.3 Å². The molecular formula is C21H17F2N9S. The molecule has 3 aromatic heterocycles. The zero-order valence-corrected chi connectivity index (χ0v) is 18.1. The van der Waals surface area contributed by atoms with Crippen LogP contribution in [-0.4, -0.2) is 35.9 Å². The highest BCUT2D eigenvalue weighted by Crippen LogP contribution is 2.44. The summed E-state index contributed by atoms with van der Waals surface area (Å²) in [6.45, 7) is 2.00. The van der Waals surface area contributed by atoms with Crippen LogP contribution in [0.25, 0.3) is 5.69 Å². The van der Waals surface area contributed by atoms with E-state index in [1.54, 1.807) is 24.9 Å². The number of anilines is 2. The molecule has 4 aromatic rings. The molecule has 1 aromatic carbocycles. The zero-order chi connectivity index (χ0) is 22.5. The lowest BCUT2D eigenvalue weighted by Crippen LogP contribution is -2.33. The highest BCUT2D eigenvalue weighted by Gasteiger charge is 2.37. The predicted octanol–water partition coefficient (Wildman–Crippen LogP) is 3.81. The molecule has 2 aliphatic rings. The van der Waals surface area contributed by atoms with E-state index in [0.29, 0.717) is 35.3 Å². The van der Waals surface area contributed by atoms with Gasteiger partial charge in [-0.2, -0.15) is 5.10 Å². The van der Waals surface area contributed by atoms with Gasteiger partial charge < -0.3 is 4.90 Å². The van der Waals surface area contributed by atoms with Crippen molar-refractivity contribution in [1.29, 1.82) is 0 Å². The molecule has 0 fully saturated rings. The van der Waals surface area contributed by atoms with E-state index >= 15 is 0 Å². The molecule has 12 heteroatoms. The summed E-state index contributed by atoms with van der Waals surface area (Å²) in [4.78, 5) is 15.8. The molecule has 3 atom stereocenters. The van der Waals surface area contributed by atoms with Crippen molar-refractivity contribution >= 4 is 29.1 Å². The van der Waals surface area contributed by atoms with Gasteiger partial charge in [-0.1, -0.05) is 6.92 Å². The number of rotatable bonds is 4. The summed E-state index contributed by atoms with van der Waals surface area (Å²) < 4.78 is 29.8. The second-order valence-electron chi connectivity index (χ2n) is 7.67. The van der Waals surface area contributed by atoms with E-state index in [-0.39, 0.29) is 18.0 Å². The fourth-order valence-electron chi connectivity index (χ4n) is 4.29. The minimum atomic E-state index is -0.929. The van der Waals surface area contributed by atoms with Crippen LogP contribution in [0, 0.1) is 11.6 Å². The van der Waals surface area contributed by atoms with E-state index in [0.717, 1.165) is 11.1 Å². The molecular weight excluding hydrogens is 448 g/mol. The molecule has 6 rings (SSSR count). The fourth-order valence-corrected chi connectivity index (χ4v) is 5.02. The SMILES string of the molecule is CC[C@H]1c2nncn2-c2cnc(C3C=NNC3c3nccs3)nc2N1c1ccc(F)c(F)c1. The van der Waals surface area contributed by atoms with Crippen LogP contribution in [0.5, 0.6) is 0 Å². The van der Waals surface area contributed by atoms with Crippen molar-refractivity contribution in [3.05, 3.63) is 70.6 Å². The highest BCUT2D eigenvalue weighted by molar-refractivity contribution is 7.09. The first-order valence-electron chi connectivity index (χ1n) is 10.3. The molecule has 0 radical (unpaired) electrons. The van der Waals surface area contributed by atoms with E-state index in [1.807, 2.05) is 21.8 Å². The number of hydrazone groups is 1. The number of halogens is 2. The predicted molar refractivity (Wildman–Crippen MR) is 118 cm³/mol. The van der Waals surface area contributed by atoms with Crippen LogP contribution in [0.3, 0.4) is 0 Å². The molecule has 5 heterocycles. The van der Waals surface area contributed by atoms with E-state index in [2.05, 4.69) is 30.7 Å². The van der Waals surface area contributed by atoms with Crippen molar-refractivity contribution in [3.8, 4) is 5.69 Å². The monoisotopic (exact) mass is 465 g/mol. The van der Waals surface area contributed by atoms with Crippen LogP contribution < -0.4 is 10.3 Å². The number of hydrogen-bond acceptors (Lipinski definition) is 9. The van der Waals surface area contributed by atoms with Gasteiger partial charge in [-0.15, -0.1) is 21.5 Å². The van der Waals surface area contributed by atoms with Crippen LogP contribution in [0.15, 0.2) is 47.4 Å². The standard InChI is InChI=1S/C21H17F2N9S/c1-2-15-20-30-27-10-31(20)16-9-25-18(12-8-26-29-17(12)21-24-5-6-33-21)28-19(16)32(15)11-3-4-13(22)14(23)7-11/h3-10,12,15,17,29H,2H2,1H3/t12?,15-,17?/m0/s1. The van der Waals surface area contributed by atoms with E-state index < -0.39 is 11.6 Å².